The fourth-order valence-corrected chi connectivity index (χ4v) is 2.65. The predicted molar refractivity (Wildman–Crippen MR) is 95.3 cm³/mol. The van der Waals surface area contributed by atoms with Crippen LogP contribution in [0.3, 0.4) is 0 Å². The minimum Gasteiger partial charge on any atom is -0.492 e. The van der Waals surface area contributed by atoms with Crippen molar-refractivity contribution in [2.45, 2.75) is 13.5 Å². The minimum atomic E-state index is -0.950. The molecule has 0 saturated heterocycles. The molecule has 0 aliphatic rings. The van der Waals surface area contributed by atoms with Crippen LogP contribution >= 0.6 is 0 Å². The van der Waals surface area contributed by atoms with Crippen LogP contribution < -0.4 is 4.74 Å². The number of rotatable bonds is 6. The van der Waals surface area contributed by atoms with Crippen LogP contribution in [0.25, 0.3) is 17.0 Å². The highest BCUT2D eigenvalue weighted by Crippen LogP contribution is 2.22. The van der Waals surface area contributed by atoms with E-state index in [4.69, 9.17) is 9.84 Å². The Balaban J connectivity index is 1.76. The second kappa shape index (κ2) is 7.04. The molecule has 1 N–H and O–H groups in total. The Morgan fingerprint density at radius 1 is 1.17 bits per heavy atom. The van der Waals surface area contributed by atoms with Gasteiger partial charge < -0.3 is 14.4 Å². The smallest absolute Gasteiger partial charge is 0.328 e. The highest BCUT2D eigenvalue weighted by Gasteiger charge is 2.06. The number of carboxylic acids is 1. The molecule has 0 bridgehead atoms. The average molecular weight is 321 g/mol. The van der Waals surface area contributed by atoms with Crippen LogP contribution in [0.2, 0.25) is 0 Å². The number of ether oxygens (including phenoxy) is 1. The number of fused-ring (bicyclic) bond motifs is 1. The van der Waals surface area contributed by atoms with Crippen LogP contribution in [0.15, 0.2) is 60.8 Å². The number of carbonyl (C=O) groups is 1. The molecule has 24 heavy (non-hydrogen) atoms. The van der Waals surface area contributed by atoms with Gasteiger partial charge in [0.25, 0.3) is 0 Å². The summed E-state index contributed by atoms with van der Waals surface area (Å²) in [5.41, 5.74) is 3.16. The van der Waals surface area contributed by atoms with Gasteiger partial charge in [0.05, 0.1) is 6.54 Å². The Morgan fingerprint density at radius 2 is 1.92 bits per heavy atom. The topological polar surface area (TPSA) is 51.5 Å². The van der Waals surface area contributed by atoms with Gasteiger partial charge in [-0.3, -0.25) is 0 Å². The second-order valence-electron chi connectivity index (χ2n) is 5.63. The Hall–Kier alpha value is -3.01. The maximum atomic E-state index is 10.8. The van der Waals surface area contributed by atoms with Gasteiger partial charge in [0.1, 0.15) is 12.4 Å². The molecule has 1 heterocycles. The average Bonchev–Trinajstić information content (AvgIpc) is 2.93. The quantitative estimate of drug-likeness (QED) is 0.695. The molecule has 0 aliphatic carbocycles. The summed E-state index contributed by atoms with van der Waals surface area (Å²) < 4.78 is 7.88. The van der Waals surface area contributed by atoms with Gasteiger partial charge in [0, 0.05) is 28.7 Å². The van der Waals surface area contributed by atoms with Crippen molar-refractivity contribution >= 4 is 22.9 Å². The van der Waals surface area contributed by atoms with Gasteiger partial charge >= 0.3 is 5.97 Å². The van der Waals surface area contributed by atoms with E-state index < -0.39 is 5.97 Å². The van der Waals surface area contributed by atoms with E-state index in [1.165, 1.54) is 5.56 Å². The highest BCUT2D eigenvalue weighted by atomic mass is 16.5. The van der Waals surface area contributed by atoms with E-state index in [0.29, 0.717) is 13.2 Å². The summed E-state index contributed by atoms with van der Waals surface area (Å²) in [6.07, 6.45) is 4.75. The molecule has 0 spiro atoms. The van der Waals surface area contributed by atoms with Crippen LogP contribution in [-0.4, -0.2) is 22.2 Å². The zero-order valence-corrected chi connectivity index (χ0v) is 13.5. The first kappa shape index (κ1) is 15.9. The number of hydrogen-bond acceptors (Lipinski definition) is 2. The lowest BCUT2D eigenvalue weighted by molar-refractivity contribution is -0.131. The molecule has 0 atom stereocenters. The number of benzene rings is 2. The van der Waals surface area contributed by atoms with Crippen molar-refractivity contribution in [3.8, 4) is 5.75 Å². The maximum Gasteiger partial charge on any atom is 0.328 e. The molecule has 0 saturated carbocycles. The molecule has 0 aliphatic heterocycles. The molecule has 0 unspecified atom stereocenters. The van der Waals surface area contributed by atoms with E-state index in [2.05, 4.69) is 4.57 Å². The van der Waals surface area contributed by atoms with Crippen LogP contribution in [0.5, 0.6) is 5.75 Å². The largest absolute Gasteiger partial charge is 0.492 e. The van der Waals surface area contributed by atoms with Gasteiger partial charge in [0.2, 0.25) is 0 Å². The van der Waals surface area contributed by atoms with Crippen molar-refractivity contribution in [1.82, 2.24) is 4.57 Å². The third kappa shape index (κ3) is 3.66. The van der Waals surface area contributed by atoms with E-state index in [-0.39, 0.29) is 0 Å². The summed E-state index contributed by atoms with van der Waals surface area (Å²) in [6.45, 7) is 3.28. The number of nitrogens with zero attached hydrogens (tertiary/aromatic N) is 1. The fourth-order valence-electron chi connectivity index (χ4n) is 2.65. The normalized spacial score (nSPS) is 11.2. The Kier molecular flexibility index (Phi) is 4.66. The molecular formula is C20H19NO3. The van der Waals surface area contributed by atoms with E-state index >= 15 is 0 Å². The summed E-state index contributed by atoms with van der Waals surface area (Å²) >= 11 is 0. The monoisotopic (exact) mass is 321 g/mol. The second-order valence-corrected chi connectivity index (χ2v) is 5.63. The van der Waals surface area contributed by atoms with Gasteiger partial charge in [-0.25, -0.2) is 4.79 Å². The first-order valence-corrected chi connectivity index (χ1v) is 7.82. The van der Waals surface area contributed by atoms with Gasteiger partial charge in [-0.05, 0) is 31.2 Å². The molecule has 4 nitrogen and oxygen atoms in total. The minimum absolute atomic E-state index is 0.545. The van der Waals surface area contributed by atoms with Crippen LogP contribution in [0, 0.1) is 6.92 Å². The molecule has 1 aromatic heterocycles. The van der Waals surface area contributed by atoms with Crippen molar-refractivity contribution in [1.29, 1.82) is 0 Å². The maximum absolute atomic E-state index is 10.8. The summed E-state index contributed by atoms with van der Waals surface area (Å²) in [7, 11) is 0. The lowest BCUT2D eigenvalue weighted by Gasteiger charge is -2.08. The number of aryl methyl sites for hydroxylation is 1. The SMILES string of the molecule is Cc1ccc(OCCn2cc(C=CC(=O)O)c3ccccc32)cc1. The first-order valence-electron chi connectivity index (χ1n) is 7.82. The lowest BCUT2D eigenvalue weighted by atomic mass is 10.1. The number of carboxylic acid groups (broad SMARTS) is 1. The molecule has 122 valence electrons. The third-order valence-corrected chi connectivity index (χ3v) is 3.85. The summed E-state index contributed by atoms with van der Waals surface area (Å²) in [4.78, 5) is 10.8. The van der Waals surface area contributed by atoms with Gasteiger partial charge in [-0.15, -0.1) is 0 Å². The molecule has 3 aromatic rings. The van der Waals surface area contributed by atoms with Crippen molar-refractivity contribution in [2.75, 3.05) is 6.61 Å². The zero-order chi connectivity index (χ0) is 16.9. The highest BCUT2D eigenvalue weighted by molar-refractivity contribution is 5.93. The summed E-state index contributed by atoms with van der Waals surface area (Å²) in [5, 5.41) is 9.86. The van der Waals surface area contributed by atoms with Crippen molar-refractivity contribution in [3.05, 3.63) is 71.9 Å². The van der Waals surface area contributed by atoms with Gasteiger partial charge in [-0.1, -0.05) is 35.9 Å². The van der Waals surface area contributed by atoms with Crippen LogP contribution in [0.1, 0.15) is 11.1 Å². The predicted octanol–water partition coefficient (Wildman–Crippen LogP) is 4.13. The molecule has 3 rings (SSSR count). The Bertz CT molecular complexity index is 876. The van der Waals surface area contributed by atoms with Crippen LogP contribution in [-0.2, 0) is 11.3 Å². The van der Waals surface area contributed by atoms with E-state index in [1.54, 1.807) is 6.08 Å². The van der Waals surface area contributed by atoms with Gasteiger partial charge in [0.15, 0.2) is 0 Å². The number of hydrogen-bond donors (Lipinski definition) is 1. The number of para-hydroxylation sites is 1. The van der Waals surface area contributed by atoms with E-state index in [9.17, 15) is 4.79 Å². The van der Waals surface area contributed by atoms with Gasteiger partial charge in [-0.2, -0.15) is 0 Å². The Labute approximate surface area is 140 Å². The zero-order valence-electron chi connectivity index (χ0n) is 13.5. The molecule has 0 amide bonds. The lowest BCUT2D eigenvalue weighted by Crippen LogP contribution is -2.07. The third-order valence-electron chi connectivity index (χ3n) is 3.85. The standard InChI is InChI=1S/C20H19NO3/c1-15-6-9-17(10-7-15)24-13-12-21-14-16(8-11-20(22)23)18-4-2-3-5-19(18)21/h2-11,14H,12-13H2,1H3,(H,22,23). The molecule has 0 fully saturated rings. The molecule has 0 radical (unpaired) electrons. The van der Waals surface area contributed by atoms with Crippen LogP contribution in [0.4, 0.5) is 0 Å². The molecular weight excluding hydrogens is 302 g/mol. The van der Waals surface area contributed by atoms with E-state index in [1.807, 2.05) is 61.7 Å². The molecule has 4 heteroatoms. The summed E-state index contributed by atoms with van der Waals surface area (Å²) in [5.74, 6) is -0.0995. The number of aliphatic carboxylic acids is 1. The Morgan fingerprint density at radius 3 is 2.67 bits per heavy atom. The van der Waals surface area contributed by atoms with Crippen molar-refractivity contribution in [2.24, 2.45) is 0 Å². The first-order chi connectivity index (χ1) is 11.6. The van der Waals surface area contributed by atoms with E-state index in [0.717, 1.165) is 28.3 Å². The van der Waals surface area contributed by atoms with Crippen molar-refractivity contribution < 1.29 is 14.6 Å². The van der Waals surface area contributed by atoms with Crippen molar-refractivity contribution in [3.63, 3.8) is 0 Å². The fraction of sp³-hybridized carbons (Fsp3) is 0.150. The molecule has 2 aromatic carbocycles. The summed E-state index contributed by atoms with van der Waals surface area (Å²) in [6, 6.07) is 15.9. The number of aromatic nitrogens is 1.